The normalized spacial score (nSPS) is 12.5. The molecular weight excluding hydrogens is 592 g/mol. The Hall–Kier alpha value is -3.92. The highest BCUT2D eigenvalue weighted by molar-refractivity contribution is 7.08. The first-order valence-corrected chi connectivity index (χ1v) is 16.2. The molecule has 0 aliphatic carbocycles. The lowest BCUT2D eigenvalue weighted by atomic mass is 10.00. The van der Waals surface area contributed by atoms with E-state index in [2.05, 4.69) is 0 Å². The minimum absolute atomic E-state index is 0.0132. The highest BCUT2D eigenvalue weighted by Crippen LogP contribution is 2.24. The van der Waals surface area contributed by atoms with E-state index in [4.69, 9.17) is 5.73 Å². The molecule has 4 rings (SSSR count). The lowest BCUT2D eigenvalue weighted by Gasteiger charge is -2.29. The zero-order valence-electron chi connectivity index (χ0n) is 26.0. The van der Waals surface area contributed by atoms with Crippen molar-refractivity contribution in [2.24, 2.45) is 5.73 Å². The second-order valence-corrected chi connectivity index (χ2v) is 12.3. The maximum atomic E-state index is 14.2. The number of benzene rings is 3. The SMILES string of the molecule is CCCN(CCC)C(=O)c1cc(C)cc(C(=O)N(Cc2cccc(-c3ccsc3)c2)C[C@@H](O)[C@@H](N)Cc2cc(F)cc(F)c2)c1. The molecule has 0 fully saturated rings. The summed E-state index contributed by atoms with van der Waals surface area (Å²) < 4.78 is 27.6. The van der Waals surface area contributed by atoms with E-state index in [1.807, 2.05) is 61.9 Å². The van der Waals surface area contributed by atoms with Gasteiger partial charge in [0.15, 0.2) is 0 Å². The molecule has 2 atom stereocenters. The molecule has 3 N–H and O–H groups in total. The topological polar surface area (TPSA) is 86.9 Å². The van der Waals surface area contributed by atoms with Crippen molar-refractivity contribution >= 4 is 23.2 Å². The molecule has 4 aromatic rings. The van der Waals surface area contributed by atoms with E-state index in [0.717, 1.165) is 41.2 Å². The number of aryl methyl sites for hydroxylation is 1. The number of hydrogen-bond donors (Lipinski definition) is 2. The fraction of sp³-hybridized carbons (Fsp3) is 0.333. The summed E-state index contributed by atoms with van der Waals surface area (Å²) in [6, 6.07) is 17.2. The van der Waals surface area contributed by atoms with E-state index in [1.54, 1.807) is 34.4 Å². The molecule has 6 nitrogen and oxygen atoms in total. The molecule has 1 heterocycles. The fourth-order valence-corrected chi connectivity index (χ4v) is 6.13. The average Bonchev–Trinajstić information content (AvgIpc) is 3.54. The highest BCUT2D eigenvalue weighted by atomic mass is 32.1. The van der Waals surface area contributed by atoms with Crippen LogP contribution in [0.4, 0.5) is 8.78 Å². The minimum Gasteiger partial charge on any atom is -0.390 e. The molecule has 0 saturated carbocycles. The van der Waals surface area contributed by atoms with Gasteiger partial charge in [-0.2, -0.15) is 11.3 Å². The monoisotopic (exact) mass is 633 g/mol. The highest BCUT2D eigenvalue weighted by Gasteiger charge is 2.26. The Morgan fingerprint density at radius 3 is 2.09 bits per heavy atom. The predicted molar refractivity (Wildman–Crippen MR) is 176 cm³/mol. The minimum atomic E-state index is -1.20. The summed E-state index contributed by atoms with van der Waals surface area (Å²) in [5, 5.41) is 15.2. The number of hydrogen-bond acceptors (Lipinski definition) is 5. The van der Waals surface area contributed by atoms with Gasteiger partial charge in [0.1, 0.15) is 11.6 Å². The van der Waals surface area contributed by atoms with Crippen molar-refractivity contribution in [3.63, 3.8) is 0 Å². The molecule has 0 saturated heterocycles. The van der Waals surface area contributed by atoms with E-state index in [1.165, 1.54) is 17.0 Å². The summed E-state index contributed by atoms with van der Waals surface area (Å²) in [5.41, 5.74) is 11.1. The van der Waals surface area contributed by atoms with Crippen molar-refractivity contribution in [3.05, 3.63) is 117 Å². The Morgan fingerprint density at radius 2 is 1.49 bits per heavy atom. The van der Waals surface area contributed by atoms with Gasteiger partial charge in [-0.05, 0) is 107 Å². The zero-order valence-corrected chi connectivity index (χ0v) is 26.8. The third kappa shape index (κ3) is 9.29. The first-order chi connectivity index (χ1) is 21.6. The lowest BCUT2D eigenvalue weighted by molar-refractivity contribution is 0.0554. The second kappa shape index (κ2) is 15.9. The molecule has 45 heavy (non-hydrogen) atoms. The third-order valence-electron chi connectivity index (χ3n) is 7.58. The van der Waals surface area contributed by atoms with Gasteiger partial charge in [0.05, 0.1) is 6.10 Å². The van der Waals surface area contributed by atoms with Crippen LogP contribution in [0.5, 0.6) is 0 Å². The Labute approximate surface area is 268 Å². The summed E-state index contributed by atoms with van der Waals surface area (Å²) in [6.45, 7) is 7.17. The van der Waals surface area contributed by atoms with Gasteiger partial charge in [-0.3, -0.25) is 9.59 Å². The molecule has 1 aromatic heterocycles. The molecule has 9 heteroatoms. The first-order valence-electron chi connectivity index (χ1n) is 15.3. The Bertz CT molecular complexity index is 1570. The molecular formula is C36H41F2N3O3S. The smallest absolute Gasteiger partial charge is 0.254 e. The number of carbonyl (C=O) groups excluding carboxylic acids is 2. The number of amides is 2. The van der Waals surface area contributed by atoms with E-state index < -0.39 is 23.8 Å². The maximum absolute atomic E-state index is 14.2. The van der Waals surface area contributed by atoms with Crippen molar-refractivity contribution in [3.8, 4) is 11.1 Å². The van der Waals surface area contributed by atoms with Crippen LogP contribution in [-0.4, -0.2) is 58.5 Å². The standard InChI is InChI=1S/C36H41F2N3O3S/c1-4-10-40(11-5-2)35(43)29-13-24(3)14-30(19-29)36(44)41(21-25-7-6-8-27(15-25)28-9-12-45-23-28)22-34(42)33(39)18-26-16-31(37)20-32(38)17-26/h6-9,12-17,19-20,23,33-34,42H,4-5,10-11,18,21-22,39H2,1-3H3/t33-,34+/m0/s1. The quantitative estimate of drug-likeness (QED) is 0.159. The number of aliphatic hydroxyl groups excluding tert-OH is 1. The second-order valence-electron chi connectivity index (χ2n) is 11.5. The number of carbonyl (C=O) groups is 2. The van der Waals surface area contributed by atoms with Crippen LogP contribution in [0.3, 0.4) is 0 Å². The lowest BCUT2D eigenvalue weighted by Crippen LogP contribution is -2.46. The Balaban J connectivity index is 1.64. The van der Waals surface area contributed by atoms with Crippen molar-refractivity contribution in [2.45, 2.75) is 58.7 Å². The first kappa shape index (κ1) is 34.0. The number of rotatable bonds is 14. The molecule has 238 valence electrons. The average molecular weight is 634 g/mol. The van der Waals surface area contributed by atoms with Crippen molar-refractivity contribution < 1.29 is 23.5 Å². The van der Waals surface area contributed by atoms with Crippen LogP contribution in [0.25, 0.3) is 11.1 Å². The van der Waals surface area contributed by atoms with Gasteiger partial charge in [0, 0.05) is 49.4 Å². The molecule has 3 aromatic carbocycles. The predicted octanol–water partition coefficient (Wildman–Crippen LogP) is 6.84. The van der Waals surface area contributed by atoms with Gasteiger partial charge in [-0.25, -0.2) is 8.78 Å². The molecule has 0 radical (unpaired) electrons. The molecule has 0 bridgehead atoms. The van der Waals surface area contributed by atoms with Gasteiger partial charge < -0.3 is 20.6 Å². The number of thiophene rings is 1. The van der Waals surface area contributed by atoms with Crippen LogP contribution in [0, 0.1) is 18.6 Å². The Kier molecular flexibility index (Phi) is 12.0. The van der Waals surface area contributed by atoms with Gasteiger partial charge in [0.2, 0.25) is 0 Å². The summed E-state index contributed by atoms with van der Waals surface area (Å²) in [7, 11) is 0. The molecule has 0 aliphatic heterocycles. The van der Waals surface area contributed by atoms with Crippen molar-refractivity contribution in [2.75, 3.05) is 19.6 Å². The van der Waals surface area contributed by atoms with Crippen LogP contribution in [0.2, 0.25) is 0 Å². The fourth-order valence-electron chi connectivity index (χ4n) is 5.47. The van der Waals surface area contributed by atoms with E-state index in [0.29, 0.717) is 29.8 Å². The van der Waals surface area contributed by atoms with Gasteiger partial charge in [-0.15, -0.1) is 0 Å². The number of aliphatic hydroxyl groups is 1. The van der Waals surface area contributed by atoms with Crippen LogP contribution in [0.15, 0.2) is 77.5 Å². The van der Waals surface area contributed by atoms with Crippen LogP contribution in [-0.2, 0) is 13.0 Å². The van der Waals surface area contributed by atoms with Gasteiger partial charge in [-0.1, -0.05) is 32.0 Å². The van der Waals surface area contributed by atoms with Crippen LogP contribution >= 0.6 is 11.3 Å². The summed E-state index contributed by atoms with van der Waals surface area (Å²) in [6.07, 6.45) is 0.458. The van der Waals surface area contributed by atoms with Gasteiger partial charge >= 0.3 is 0 Å². The van der Waals surface area contributed by atoms with E-state index in [-0.39, 0.29) is 31.3 Å². The summed E-state index contributed by atoms with van der Waals surface area (Å²) in [5.74, 6) is -1.95. The van der Waals surface area contributed by atoms with E-state index >= 15 is 0 Å². The van der Waals surface area contributed by atoms with Crippen molar-refractivity contribution in [1.82, 2.24) is 9.80 Å². The van der Waals surface area contributed by atoms with Gasteiger partial charge in [0.25, 0.3) is 11.8 Å². The summed E-state index contributed by atoms with van der Waals surface area (Å²) >= 11 is 1.59. The third-order valence-corrected chi connectivity index (χ3v) is 8.27. The Morgan fingerprint density at radius 1 is 0.844 bits per heavy atom. The largest absolute Gasteiger partial charge is 0.390 e. The summed E-state index contributed by atoms with van der Waals surface area (Å²) in [4.78, 5) is 30.9. The maximum Gasteiger partial charge on any atom is 0.254 e. The number of nitrogens with zero attached hydrogens (tertiary/aromatic N) is 2. The van der Waals surface area contributed by atoms with Crippen molar-refractivity contribution in [1.29, 1.82) is 0 Å². The number of halogens is 2. The number of nitrogens with two attached hydrogens (primary N) is 1. The van der Waals surface area contributed by atoms with Crippen LogP contribution in [0.1, 0.15) is 64.1 Å². The molecule has 0 unspecified atom stereocenters. The molecule has 2 amide bonds. The zero-order chi connectivity index (χ0) is 32.5. The van der Waals surface area contributed by atoms with E-state index in [9.17, 15) is 23.5 Å². The van der Waals surface area contributed by atoms with Crippen LogP contribution < -0.4 is 5.73 Å². The molecule has 0 aliphatic rings. The molecule has 0 spiro atoms.